The zero-order valence-corrected chi connectivity index (χ0v) is 9.41. The van der Waals surface area contributed by atoms with Gasteiger partial charge in [-0.1, -0.05) is 12.8 Å². The lowest BCUT2D eigenvalue weighted by molar-refractivity contribution is -0.122. The Hall–Kier alpha value is -1.30. The Morgan fingerprint density at radius 1 is 1.50 bits per heavy atom. The van der Waals surface area contributed by atoms with Crippen LogP contribution in [0.25, 0.3) is 0 Å². The average Bonchev–Trinajstić information content (AvgIpc) is 2.78. The molecule has 1 saturated carbocycles. The minimum Gasteiger partial charge on any atom is -0.353 e. The minimum absolute atomic E-state index is 0.0284. The summed E-state index contributed by atoms with van der Waals surface area (Å²) in [6.07, 6.45) is 4.75. The number of aliphatic imine (C=N–C) groups is 1. The normalized spacial score (nSPS) is 23.4. The van der Waals surface area contributed by atoms with E-state index in [1.54, 1.807) is 0 Å². The summed E-state index contributed by atoms with van der Waals surface area (Å²) in [4.78, 5) is 17.7. The molecule has 1 amide bonds. The molecule has 1 aliphatic carbocycles. The lowest BCUT2D eigenvalue weighted by Crippen LogP contribution is -2.55. The number of nitrogens with one attached hydrogen (secondary N) is 2. The molecule has 2 rings (SSSR count). The van der Waals surface area contributed by atoms with Crippen LogP contribution in [0.1, 0.15) is 25.7 Å². The predicted octanol–water partition coefficient (Wildman–Crippen LogP) is -0.820. The second-order valence-electron chi connectivity index (χ2n) is 4.31. The molecular weight excluding hydrogens is 206 g/mol. The van der Waals surface area contributed by atoms with Gasteiger partial charge < -0.3 is 10.2 Å². The Labute approximate surface area is 95.2 Å². The van der Waals surface area contributed by atoms with E-state index in [0.29, 0.717) is 25.1 Å². The van der Waals surface area contributed by atoms with Crippen molar-refractivity contribution in [3.63, 3.8) is 0 Å². The number of carbonyl (C=O) groups is 1. The lowest BCUT2D eigenvalue weighted by atomic mass is 10.3. The Balaban J connectivity index is 1.99. The Kier molecular flexibility index (Phi) is 3.61. The number of guanidine groups is 1. The highest BCUT2D eigenvalue weighted by Crippen LogP contribution is 2.21. The van der Waals surface area contributed by atoms with Gasteiger partial charge in [-0.3, -0.25) is 10.2 Å². The van der Waals surface area contributed by atoms with E-state index in [4.69, 9.17) is 5.84 Å². The van der Waals surface area contributed by atoms with Crippen LogP contribution in [0.2, 0.25) is 0 Å². The molecule has 0 aromatic heterocycles. The summed E-state index contributed by atoms with van der Waals surface area (Å²) >= 11 is 0. The fraction of sp³-hybridized carbons (Fsp3) is 0.800. The monoisotopic (exact) mass is 225 g/mol. The molecule has 4 N–H and O–H groups in total. The number of hydrogen-bond donors (Lipinski definition) is 3. The molecule has 0 atom stereocenters. The first kappa shape index (κ1) is 11.2. The molecule has 1 heterocycles. The fourth-order valence-corrected chi connectivity index (χ4v) is 2.24. The van der Waals surface area contributed by atoms with Gasteiger partial charge in [0.1, 0.15) is 0 Å². The second-order valence-corrected chi connectivity index (χ2v) is 4.31. The summed E-state index contributed by atoms with van der Waals surface area (Å²) < 4.78 is 0. The molecule has 0 bridgehead atoms. The van der Waals surface area contributed by atoms with Gasteiger partial charge in [0.05, 0.1) is 12.6 Å². The van der Waals surface area contributed by atoms with Crippen molar-refractivity contribution in [1.29, 1.82) is 0 Å². The van der Waals surface area contributed by atoms with E-state index in [1.807, 2.05) is 4.90 Å². The summed E-state index contributed by atoms with van der Waals surface area (Å²) in [6.45, 7) is 1.77. The van der Waals surface area contributed by atoms with Crippen molar-refractivity contribution in [1.82, 2.24) is 15.6 Å². The van der Waals surface area contributed by atoms with Crippen LogP contribution in [0.4, 0.5) is 0 Å². The highest BCUT2D eigenvalue weighted by Gasteiger charge is 2.21. The molecule has 6 heteroatoms. The predicted molar refractivity (Wildman–Crippen MR) is 61.6 cm³/mol. The van der Waals surface area contributed by atoms with Gasteiger partial charge in [0.25, 0.3) is 0 Å². The first-order chi connectivity index (χ1) is 7.79. The molecule has 6 nitrogen and oxygen atoms in total. The molecular formula is C10H19N5O. The summed E-state index contributed by atoms with van der Waals surface area (Å²) in [5.41, 5.74) is 2.62. The van der Waals surface area contributed by atoms with Gasteiger partial charge in [-0.25, -0.2) is 10.8 Å². The van der Waals surface area contributed by atoms with Crippen LogP contribution in [0.5, 0.6) is 0 Å². The molecule has 16 heavy (non-hydrogen) atoms. The first-order valence-corrected chi connectivity index (χ1v) is 5.85. The van der Waals surface area contributed by atoms with E-state index in [1.165, 1.54) is 12.8 Å². The summed E-state index contributed by atoms with van der Waals surface area (Å²) in [7, 11) is 0. The molecule has 1 aliphatic heterocycles. The summed E-state index contributed by atoms with van der Waals surface area (Å²) in [6, 6.07) is 0.371. The molecule has 2 fully saturated rings. The van der Waals surface area contributed by atoms with Gasteiger partial charge in [0.2, 0.25) is 11.9 Å². The molecule has 2 aliphatic rings. The van der Waals surface area contributed by atoms with Gasteiger partial charge in [-0.2, -0.15) is 0 Å². The number of amides is 1. The average molecular weight is 225 g/mol. The number of rotatable bonds is 1. The van der Waals surface area contributed by atoms with E-state index in [2.05, 4.69) is 15.7 Å². The minimum atomic E-state index is 0.0284. The third-order valence-corrected chi connectivity index (χ3v) is 3.10. The number of nitrogens with zero attached hydrogens (tertiary/aromatic N) is 2. The van der Waals surface area contributed by atoms with E-state index >= 15 is 0 Å². The Bertz CT molecular complexity index is 285. The van der Waals surface area contributed by atoms with Crippen LogP contribution in [-0.4, -0.2) is 42.4 Å². The number of carbonyl (C=O) groups excluding carboxylic acids is 1. The van der Waals surface area contributed by atoms with Crippen molar-refractivity contribution in [2.45, 2.75) is 31.7 Å². The van der Waals surface area contributed by atoms with E-state index in [9.17, 15) is 4.79 Å². The van der Waals surface area contributed by atoms with Crippen LogP contribution in [0, 0.1) is 0 Å². The molecule has 0 radical (unpaired) electrons. The molecule has 90 valence electrons. The van der Waals surface area contributed by atoms with Gasteiger partial charge >= 0.3 is 0 Å². The smallest absolute Gasteiger partial charge is 0.239 e. The van der Waals surface area contributed by atoms with E-state index < -0.39 is 0 Å². The topological polar surface area (TPSA) is 82.8 Å². The summed E-state index contributed by atoms with van der Waals surface area (Å²) in [5.74, 6) is 6.16. The highest BCUT2D eigenvalue weighted by molar-refractivity contribution is 5.87. The lowest BCUT2D eigenvalue weighted by Gasteiger charge is -2.29. The van der Waals surface area contributed by atoms with E-state index in [-0.39, 0.29) is 5.91 Å². The molecule has 0 spiro atoms. The van der Waals surface area contributed by atoms with Crippen molar-refractivity contribution >= 4 is 11.9 Å². The van der Waals surface area contributed by atoms with Crippen LogP contribution in [0.15, 0.2) is 4.99 Å². The van der Waals surface area contributed by atoms with Crippen molar-refractivity contribution in [2.24, 2.45) is 10.8 Å². The largest absolute Gasteiger partial charge is 0.353 e. The molecule has 0 aromatic carbocycles. The van der Waals surface area contributed by atoms with Crippen LogP contribution in [-0.2, 0) is 4.79 Å². The van der Waals surface area contributed by atoms with Crippen LogP contribution >= 0.6 is 0 Å². The highest BCUT2D eigenvalue weighted by atomic mass is 16.2. The SMILES string of the molecule is NNC(=NC1CCCC1)N1CCNC(=O)C1. The zero-order chi connectivity index (χ0) is 11.4. The molecule has 1 saturated heterocycles. The Morgan fingerprint density at radius 2 is 2.25 bits per heavy atom. The van der Waals surface area contributed by atoms with Crippen LogP contribution in [0.3, 0.4) is 0 Å². The standard InChI is InChI=1S/C10H19N5O/c11-14-10(13-8-3-1-2-4-8)15-6-5-12-9(16)7-15/h8H,1-7,11H2,(H,12,16)(H,13,14). The Morgan fingerprint density at radius 3 is 2.88 bits per heavy atom. The molecule has 0 aromatic rings. The quantitative estimate of drug-likeness (QED) is 0.236. The van der Waals surface area contributed by atoms with Crippen molar-refractivity contribution in [2.75, 3.05) is 19.6 Å². The van der Waals surface area contributed by atoms with Crippen molar-refractivity contribution in [3.05, 3.63) is 0 Å². The number of piperazine rings is 1. The van der Waals surface area contributed by atoms with E-state index in [0.717, 1.165) is 19.4 Å². The van der Waals surface area contributed by atoms with Gasteiger partial charge in [-0.05, 0) is 12.8 Å². The maximum atomic E-state index is 11.3. The second kappa shape index (κ2) is 5.16. The van der Waals surface area contributed by atoms with Crippen LogP contribution < -0.4 is 16.6 Å². The third-order valence-electron chi connectivity index (χ3n) is 3.10. The number of hydrazine groups is 1. The van der Waals surface area contributed by atoms with Gasteiger partial charge in [-0.15, -0.1) is 0 Å². The van der Waals surface area contributed by atoms with Crippen molar-refractivity contribution < 1.29 is 4.79 Å². The third kappa shape index (κ3) is 2.63. The maximum Gasteiger partial charge on any atom is 0.239 e. The summed E-state index contributed by atoms with van der Waals surface area (Å²) in [5, 5.41) is 2.78. The molecule has 0 unspecified atom stereocenters. The van der Waals surface area contributed by atoms with Gasteiger partial charge in [0, 0.05) is 13.1 Å². The maximum absolute atomic E-state index is 11.3. The first-order valence-electron chi connectivity index (χ1n) is 5.85. The van der Waals surface area contributed by atoms with Crippen molar-refractivity contribution in [3.8, 4) is 0 Å². The number of hydrogen-bond acceptors (Lipinski definition) is 3. The zero-order valence-electron chi connectivity index (χ0n) is 9.41. The number of nitrogens with two attached hydrogens (primary N) is 1. The fourth-order valence-electron chi connectivity index (χ4n) is 2.24. The van der Waals surface area contributed by atoms with Gasteiger partial charge in [0.15, 0.2) is 0 Å².